The van der Waals surface area contributed by atoms with E-state index in [9.17, 15) is 0 Å². The minimum Gasteiger partial charge on any atom is -0.308 e. The van der Waals surface area contributed by atoms with Crippen LogP contribution >= 0.6 is 15.9 Å². The molecule has 2 atom stereocenters. The van der Waals surface area contributed by atoms with Crippen LogP contribution in [0, 0.1) is 0 Å². The van der Waals surface area contributed by atoms with Crippen LogP contribution in [0.4, 0.5) is 0 Å². The molecule has 96 valence electrons. The molecule has 0 heterocycles. The zero-order chi connectivity index (χ0) is 12.8. The topological polar surface area (TPSA) is 15.3 Å². The number of benzene rings is 1. The van der Waals surface area contributed by atoms with Crippen LogP contribution in [0.25, 0.3) is 0 Å². The molecule has 0 aliphatic rings. The van der Waals surface area contributed by atoms with E-state index >= 15 is 0 Å². The first-order valence-electron chi connectivity index (χ1n) is 6.19. The number of hydrogen-bond acceptors (Lipinski definition) is 2. The zero-order valence-corrected chi connectivity index (χ0v) is 12.8. The summed E-state index contributed by atoms with van der Waals surface area (Å²) in [5.41, 5.74) is 1.35. The van der Waals surface area contributed by atoms with Gasteiger partial charge in [-0.1, -0.05) is 35.0 Å². The standard InChI is InChI=1S/C14H23BrN2/c1-5-14(16-11(2)10-17(3)4)12-7-6-8-13(15)9-12/h6-9,11,14,16H,5,10H2,1-4H3. The number of likely N-dealkylation sites (N-methyl/N-ethyl adjacent to an activating group) is 1. The summed E-state index contributed by atoms with van der Waals surface area (Å²) in [5.74, 6) is 0. The highest BCUT2D eigenvalue weighted by Gasteiger charge is 2.12. The lowest BCUT2D eigenvalue weighted by Gasteiger charge is -2.25. The number of nitrogens with zero attached hydrogens (tertiary/aromatic N) is 1. The van der Waals surface area contributed by atoms with Crippen LogP contribution in [-0.4, -0.2) is 31.6 Å². The predicted octanol–water partition coefficient (Wildman–Crippen LogP) is 3.44. The Kier molecular flexibility index (Phi) is 6.17. The van der Waals surface area contributed by atoms with Crippen molar-refractivity contribution in [2.24, 2.45) is 0 Å². The molecule has 3 heteroatoms. The molecule has 0 amide bonds. The van der Waals surface area contributed by atoms with E-state index in [-0.39, 0.29) is 0 Å². The normalized spacial score (nSPS) is 14.9. The van der Waals surface area contributed by atoms with Gasteiger partial charge in [0.1, 0.15) is 0 Å². The molecule has 17 heavy (non-hydrogen) atoms. The second-order valence-electron chi connectivity index (χ2n) is 4.85. The van der Waals surface area contributed by atoms with Crippen molar-refractivity contribution in [3.8, 4) is 0 Å². The maximum atomic E-state index is 3.68. The molecule has 0 radical (unpaired) electrons. The first-order chi connectivity index (χ1) is 8.02. The summed E-state index contributed by atoms with van der Waals surface area (Å²) in [4.78, 5) is 2.21. The van der Waals surface area contributed by atoms with Gasteiger partial charge in [0.2, 0.25) is 0 Å². The summed E-state index contributed by atoms with van der Waals surface area (Å²) in [6.45, 7) is 5.52. The number of rotatable bonds is 6. The fraction of sp³-hybridized carbons (Fsp3) is 0.571. The Morgan fingerprint density at radius 2 is 2.06 bits per heavy atom. The Labute approximate surface area is 114 Å². The van der Waals surface area contributed by atoms with Gasteiger partial charge in [-0.25, -0.2) is 0 Å². The van der Waals surface area contributed by atoms with E-state index < -0.39 is 0 Å². The summed E-state index contributed by atoms with van der Waals surface area (Å²) >= 11 is 3.53. The third-order valence-corrected chi connectivity index (χ3v) is 3.28. The molecule has 1 aromatic carbocycles. The lowest BCUT2D eigenvalue weighted by molar-refractivity contribution is 0.326. The molecule has 0 bridgehead atoms. The lowest BCUT2D eigenvalue weighted by Crippen LogP contribution is -2.37. The van der Waals surface area contributed by atoms with Gasteiger partial charge in [0.25, 0.3) is 0 Å². The Balaban J connectivity index is 2.65. The molecule has 0 saturated carbocycles. The van der Waals surface area contributed by atoms with E-state index in [2.05, 4.69) is 78.4 Å². The lowest BCUT2D eigenvalue weighted by atomic mass is 10.0. The van der Waals surface area contributed by atoms with Gasteiger partial charge in [0.15, 0.2) is 0 Å². The van der Waals surface area contributed by atoms with Gasteiger partial charge in [-0.05, 0) is 45.1 Å². The molecule has 0 aliphatic carbocycles. The van der Waals surface area contributed by atoms with Gasteiger partial charge < -0.3 is 10.2 Å². The van der Waals surface area contributed by atoms with Crippen molar-refractivity contribution >= 4 is 15.9 Å². The highest BCUT2D eigenvalue weighted by atomic mass is 79.9. The maximum Gasteiger partial charge on any atom is 0.0320 e. The largest absolute Gasteiger partial charge is 0.308 e. The fourth-order valence-corrected chi connectivity index (χ4v) is 2.53. The minimum atomic E-state index is 0.433. The Bertz CT molecular complexity index is 339. The average molecular weight is 299 g/mol. The van der Waals surface area contributed by atoms with E-state index in [1.165, 1.54) is 5.56 Å². The second kappa shape index (κ2) is 7.14. The van der Waals surface area contributed by atoms with Crippen molar-refractivity contribution in [3.05, 3.63) is 34.3 Å². The van der Waals surface area contributed by atoms with Gasteiger partial charge in [-0.2, -0.15) is 0 Å². The highest BCUT2D eigenvalue weighted by Crippen LogP contribution is 2.21. The second-order valence-corrected chi connectivity index (χ2v) is 5.76. The third-order valence-electron chi connectivity index (χ3n) is 2.78. The summed E-state index contributed by atoms with van der Waals surface area (Å²) in [7, 11) is 4.22. The van der Waals surface area contributed by atoms with Crippen LogP contribution in [0.5, 0.6) is 0 Å². The molecule has 2 unspecified atom stereocenters. The molecule has 0 aromatic heterocycles. The summed E-state index contributed by atoms with van der Waals surface area (Å²) in [6.07, 6.45) is 1.11. The molecule has 0 fully saturated rings. The molecule has 2 nitrogen and oxygen atoms in total. The van der Waals surface area contributed by atoms with E-state index in [0.717, 1.165) is 17.4 Å². The maximum absolute atomic E-state index is 3.68. The molecule has 1 N–H and O–H groups in total. The molecular weight excluding hydrogens is 276 g/mol. The SMILES string of the molecule is CCC(NC(C)CN(C)C)c1cccc(Br)c1. The average Bonchev–Trinajstić information content (AvgIpc) is 2.24. The van der Waals surface area contributed by atoms with Crippen LogP contribution in [-0.2, 0) is 0 Å². The molecule has 0 spiro atoms. The third kappa shape index (κ3) is 5.19. The van der Waals surface area contributed by atoms with Crippen LogP contribution < -0.4 is 5.32 Å². The molecule has 0 saturated heterocycles. The predicted molar refractivity (Wildman–Crippen MR) is 78.3 cm³/mol. The van der Waals surface area contributed by atoms with E-state index in [1.807, 2.05) is 0 Å². The quantitative estimate of drug-likeness (QED) is 0.865. The van der Waals surface area contributed by atoms with Crippen LogP contribution in [0.3, 0.4) is 0 Å². The van der Waals surface area contributed by atoms with Crippen molar-refractivity contribution in [1.29, 1.82) is 0 Å². The van der Waals surface area contributed by atoms with Gasteiger partial charge in [-0.15, -0.1) is 0 Å². The van der Waals surface area contributed by atoms with Crippen molar-refractivity contribution in [2.45, 2.75) is 32.4 Å². The monoisotopic (exact) mass is 298 g/mol. The fourth-order valence-electron chi connectivity index (χ4n) is 2.12. The van der Waals surface area contributed by atoms with Crippen LogP contribution in [0.1, 0.15) is 31.9 Å². The van der Waals surface area contributed by atoms with Crippen LogP contribution in [0.15, 0.2) is 28.7 Å². The summed E-state index contributed by atoms with van der Waals surface area (Å²) < 4.78 is 1.15. The molecular formula is C14H23BrN2. The number of nitrogens with one attached hydrogen (secondary N) is 1. The van der Waals surface area contributed by atoms with Gasteiger partial charge in [-0.3, -0.25) is 0 Å². The zero-order valence-electron chi connectivity index (χ0n) is 11.2. The Morgan fingerprint density at radius 3 is 2.59 bits per heavy atom. The highest BCUT2D eigenvalue weighted by molar-refractivity contribution is 9.10. The molecule has 0 aliphatic heterocycles. The van der Waals surface area contributed by atoms with Crippen LogP contribution in [0.2, 0.25) is 0 Å². The van der Waals surface area contributed by atoms with E-state index in [4.69, 9.17) is 0 Å². The summed E-state index contributed by atoms with van der Waals surface area (Å²) in [6, 6.07) is 9.48. The molecule has 1 rings (SSSR count). The van der Waals surface area contributed by atoms with Crippen molar-refractivity contribution in [3.63, 3.8) is 0 Å². The first kappa shape index (κ1) is 14.7. The van der Waals surface area contributed by atoms with E-state index in [1.54, 1.807) is 0 Å². The van der Waals surface area contributed by atoms with Gasteiger partial charge in [0.05, 0.1) is 0 Å². The number of hydrogen-bond donors (Lipinski definition) is 1. The minimum absolute atomic E-state index is 0.433. The Hall–Kier alpha value is -0.380. The smallest absolute Gasteiger partial charge is 0.0320 e. The van der Waals surface area contributed by atoms with E-state index in [0.29, 0.717) is 12.1 Å². The summed E-state index contributed by atoms with van der Waals surface area (Å²) in [5, 5.41) is 3.68. The van der Waals surface area contributed by atoms with Crippen molar-refractivity contribution in [1.82, 2.24) is 10.2 Å². The van der Waals surface area contributed by atoms with Crippen molar-refractivity contribution < 1.29 is 0 Å². The Morgan fingerprint density at radius 1 is 1.35 bits per heavy atom. The van der Waals surface area contributed by atoms with Crippen molar-refractivity contribution in [2.75, 3.05) is 20.6 Å². The van der Waals surface area contributed by atoms with Gasteiger partial charge in [0, 0.05) is 23.1 Å². The van der Waals surface area contributed by atoms with Gasteiger partial charge >= 0.3 is 0 Å². The molecule has 1 aromatic rings. The first-order valence-corrected chi connectivity index (χ1v) is 6.98. The number of halogens is 1.